The monoisotopic (exact) mass is 290 g/mol. The number of carbonyl (C=O) groups is 1. The summed E-state index contributed by atoms with van der Waals surface area (Å²) in [4.78, 5) is 11.6. The molecule has 1 rings (SSSR count). The molecule has 0 spiro atoms. The van der Waals surface area contributed by atoms with Crippen LogP contribution in [0.1, 0.15) is 46.5 Å². The van der Waals surface area contributed by atoms with E-state index in [4.69, 9.17) is 21.7 Å². The molecule has 18 heavy (non-hydrogen) atoms. The number of hydrogen-bond acceptors (Lipinski definition) is 4. The third kappa shape index (κ3) is 5.46. The van der Waals surface area contributed by atoms with Gasteiger partial charge in [-0.3, -0.25) is 0 Å². The van der Waals surface area contributed by atoms with Crippen molar-refractivity contribution in [2.24, 2.45) is 5.73 Å². The summed E-state index contributed by atoms with van der Waals surface area (Å²) < 4.78 is 5.23. The van der Waals surface area contributed by atoms with Crippen molar-refractivity contribution in [3.63, 3.8) is 0 Å². The van der Waals surface area contributed by atoms with Crippen LogP contribution in [0.15, 0.2) is 0 Å². The maximum atomic E-state index is 11.6. The molecule has 0 atom stereocenters. The van der Waals surface area contributed by atoms with Crippen LogP contribution < -0.4 is 11.1 Å². The highest BCUT2D eigenvalue weighted by Crippen LogP contribution is 2.25. The van der Waals surface area contributed by atoms with Crippen LogP contribution in [-0.4, -0.2) is 28.6 Å². The fourth-order valence-electron chi connectivity index (χ4n) is 1.99. The summed E-state index contributed by atoms with van der Waals surface area (Å²) >= 11 is 4.86. The molecule has 3 N–H and O–H groups in total. The van der Waals surface area contributed by atoms with Crippen LogP contribution in [-0.2, 0) is 25.8 Å². The van der Waals surface area contributed by atoms with E-state index in [2.05, 4.69) is 5.32 Å². The molecule has 104 valence electrons. The molecule has 0 aromatic heterocycles. The van der Waals surface area contributed by atoms with E-state index < -0.39 is 5.60 Å². The number of ether oxygens (including phenoxy) is 1. The second-order valence-corrected chi connectivity index (χ2v) is 6.87. The topological polar surface area (TPSA) is 64.3 Å². The molecule has 1 saturated carbocycles. The number of alkyl carbamates (subject to hydrolysis) is 1. The minimum atomic E-state index is -0.455. The number of nitrogens with one attached hydrogen (secondary N) is 1. The average Bonchev–Trinajstić information content (AvgIpc) is 2.19. The van der Waals surface area contributed by atoms with E-state index in [1.807, 2.05) is 26.1 Å². The highest BCUT2D eigenvalue weighted by atomic mass is 32.8. The van der Waals surface area contributed by atoms with Gasteiger partial charge in [-0.25, -0.2) is 4.79 Å². The number of carbonyl (C=O) groups excluding carboxylic acids is 1. The third-order valence-corrected chi connectivity index (χ3v) is 3.77. The summed E-state index contributed by atoms with van der Waals surface area (Å²) in [6.07, 6.45) is 3.07. The Morgan fingerprint density at radius 3 is 2.50 bits per heavy atom. The molecule has 1 aliphatic carbocycles. The fourth-order valence-corrected chi connectivity index (χ4v) is 2.99. The quantitative estimate of drug-likeness (QED) is 0.757. The van der Waals surface area contributed by atoms with Crippen LogP contribution in [0.5, 0.6) is 0 Å². The minimum Gasteiger partial charge on any atom is -0.444 e. The summed E-state index contributed by atoms with van der Waals surface area (Å²) in [5.74, 6) is 0. The molecule has 0 aromatic rings. The van der Waals surface area contributed by atoms with Gasteiger partial charge in [0.05, 0.1) is 0 Å². The zero-order valence-electron chi connectivity index (χ0n) is 11.2. The Morgan fingerprint density at radius 1 is 1.50 bits per heavy atom. The molecule has 4 nitrogen and oxygen atoms in total. The van der Waals surface area contributed by atoms with Crippen LogP contribution in [0.2, 0.25) is 0 Å². The molecule has 1 amide bonds. The van der Waals surface area contributed by atoms with Gasteiger partial charge in [-0.05, 0) is 63.0 Å². The molecule has 0 aromatic carbocycles. The second-order valence-electron chi connectivity index (χ2n) is 5.87. The molecular formula is C12H22N2O2S2. The lowest BCUT2D eigenvalue weighted by molar-refractivity contribution is 0.0489. The number of nitrogens with two attached hydrogens (primary N) is 1. The lowest BCUT2D eigenvalue weighted by Gasteiger charge is -2.34. The normalized spacial score (nSPS) is 28.3. The molecule has 1 aliphatic rings. The Kier molecular flexibility index (Phi) is 5.31. The standard InChI is InChI=1S/C12H22N2O2S2/c1-11(2,3)16-10(15)14-9-4-6-12(13,7-5-9)8-18-17/h8-9H,4-7,13H2,1-3H3,(H,14,15). The van der Waals surface area contributed by atoms with Crippen molar-refractivity contribution < 1.29 is 9.53 Å². The maximum absolute atomic E-state index is 11.6. The molecular weight excluding hydrogens is 268 g/mol. The van der Waals surface area contributed by atoms with Gasteiger partial charge < -0.3 is 15.8 Å². The van der Waals surface area contributed by atoms with Crippen LogP contribution in [0.4, 0.5) is 4.79 Å². The van der Waals surface area contributed by atoms with E-state index in [-0.39, 0.29) is 17.7 Å². The highest BCUT2D eigenvalue weighted by molar-refractivity contribution is 8.16. The Bertz CT molecular complexity index is 352. The maximum Gasteiger partial charge on any atom is 0.407 e. The molecule has 0 heterocycles. The molecule has 0 unspecified atom stereocenters. The Labute approximate surface area is 117 Å². The van der Waals surface area contributed by atoms with Crippen LogP contribution >= 0.6 is 0 Å². The number of amides is 1. The smallest absolute Gasteiger partial charge is 0.407 e. The van der Waals surface area contributed by atoms with E-state index >= 15 is 0 Å². The van der Waals surface area contributed by atoms with Gasteiger partial charge in [0, 0.05) is 11.6 Å². The molecule has 6 heteroatoms. The van der Waals surface area contributed by atoms with E-state index in [1.165, 1.54) is 9.91 Å². The average molecular weight is 290 g/mol. The van der Waals surface area contributed by atoms with Crippen LogP contribution in [0, 0.1) is 0 Å². The highest BCUT2D eigenvalue weighted by Gasteiger charge is 2.31. The van der Waals surface area contributed by atoms with E-state index in [9.17, 15) is 4.79 Å². The first-order chi connectivity index (χ1) is 8.24. The predicted octanol–water partition coefficient (Wildman–Crippen LogP) is 1.50. The zero-order chi connectivity index (χ0) is 13.8. The van der Waals surface area contributed by atoms with Crippen molar-refractivity contribution in [3.05, 3.63) is 0 Å². The van der Waals surface area contributed by atoms with Gasteiger partial charge in [-0.2, -0.15) is 0 Å². The van der Waals surface area contributed by atoms with E-state index in [1.54, 1.807) is 0 Å². The van der Waals surface area contributed by atoms with Gasteiger partial charge in [0.15, 0.2) is 0 Å². The molecule has 1 fully saturated rings. The lowest BCUT2D eigenvalue weighted by Crippen LogP contribution is -2.50. The number of rotatable bonds is 2. The molecule has 0 radical (unpaired) electrons. The second kappa shape index (κ2) is 6.12. The van der Waals surface area contributed by atoms with Gasteiger partial charge in [-0.1, -0.05) is 9.91 Å². The van der Waals surface area contributed by atoms with Crippen molar-refractivity contribution in [3.8, 4) is 0 Å². The lowest BCUT2D eigenvalue weighted by atomic mass is 9.81. The largest absolute Gasteiger partial charge is 0.444 e. The van der Waals surface area contributed by atoms with Crippen LogP contribution in [0.25, 0.3) is 0 Å². The van der Waals surface area contributed by atoms with E-state index in [0.717, 1.165) is 25.7 Å². The van der Waals surface area contributed by atoms with Gasteiger partial charge in [0.1, 0.15) is 5.60 Å². The Hall–Kier alpha value is -0.460. The Morgan fingerprint density at radius 2 is 2.06 bits per heavy atom. The van der Waals surface area contributed by atoms with Crippen molar-refractivity contribution in [1.29, 1.82) is 0 Å². The summed E-state index contributed by atoms with van der Waals surface area (Å²) in [6, 6.07) is 0.153. The van der Waals surface area contributed by atoms with Gasteiger partial charge in [-0.15, -0.1) is 0 Å². The van der Waals surface area contributed by atoms with Gasteiger partial charge in [0.2, 0.25) is 0 Å². The molecule has 0 saturated heterocycles. The van der Waals surface area contributed by atoms with Crippen LogP contribution in [0.3, 0.4) is 0 Å². The molecule has 0 bridgehead atoms. The van der Waals surface area contributed by atoms with Crippen molar-refractivity contribution in [2.45, 2.75) is 63.6 Å². The van der Waals surface area contributed by atoms with Gasteiger partial charge >= 0.3 is 6.09 Å². The SMILES string of the molecule is CC(C)(C)OC(=O)NC1CCC(N)(C=S=S)CC1. The van der Waals surface area contributed by atoms with Crippen molar-refractivity contribution in [2.75, 3.05) is 0 Å². The molecule has 0 aliphatic heterocycles. The minimum absolute atomic E-state index is 0.153. The third-order valence-electron chi connectivity index (χ3n) is 2.92. The van der Waals surface area contributed by atoms with Gasteiger partial charge in [0.25, 0.3) is 0 Å². The Balaban J connectivity index is 2.40. The summed E-state index contributed by atoms with van der Waals surface area (Å²) in [6.45, 7) is 5.57. The van der Waals surface area contributed by atoms with E-state index in [0.29, 0.717) is 0 Å². The number of hydrogen-bond donors (Lipinski definition) is 2. The summed E-state index contributed by atoms with van der Waals surface area (Å²) in [7, 11) is 1.25. The first kappa shape index (κ1) is 15.6. The zero-order valence-corrected chi connectivity index (χ0v) is 12.8. The van der Waals surface area contributed by atoms with Crippen molar-refractivity contribution >= 4 is 32.6 Å². The first-order valence-corrected chi connectivity index (χ1v) is 7.96. The first-order valence-electron chi connectivity index (χ1n) is 6.15. The predicted molar refractivity (Wildman–Crippen MR) is 79.3 cm³/mol. The van der Waals surface area contributed by atoms with Crippen molar-refractivity contribution in [1.82, 2.24) is 5.32 Å². The fraction of sp³-hybridized carbons (Fsp3) is 0.833. The summed E-state index contributed by atoms with van der Waals surface area (Å²) in [5.41, 5.74) is 5.44. The summed E-state index contributed by atoms with van der Waals surface area (Å²) in [5, 5.41) is 4.81.